The van der Waals surface area contributed by atoms with Crippen molar-refractivity contribution in [2.24, 2.45) is 45.3 Å². The minimum Gasteiger partial charge on any atom is -0.478 e. The Bertz CT molecular complexity index is 1940. The summed E-state index contributed by atoms with van der Waals surface area (Å²) >= 11 is 0. The number of hydrogen-bond acceptors (Lipinski definition) is 5. The van der Waals surface area contributed by atoms with Crippen LogP contribution in [0.1, 0.15) is 129 Å². The largest absolute Gasteiger partial charge is 0.478 e. The average molecular weight is 798 g/mol. The highest BCUT2D eigenvalue weighted by Crippen LogP contribution is 2.72. The molecule has 312 valence electrons. The van der Waals surface area contributed by atoms with E-state index in [2.05, 4.69) is 71.3 Å². The Hall–Kier alpha value is -2.78. The van der Waals surface area contributed by atoms with E-state index in [0.29, 0.717) is 47.2 Å². The fourth-order valence-corrected chi connectivity index (χ4v) is 15.2. The molecule has 5 aliphatic rings. The van der Waals surface area contributed by atoms with Crippen molar-refractivity contribution in [3.8, 4) is 0 Å². The molecule has 1 heterocycles. The number of allylic oxidation sites excluding steroid dienone is 3. The first-order chi connectivity index (χ1) is 26.9. The van der Waals surface area contributed by atoms with Crippen molar-refractivity contribution in [2.75, 3.05) is 39.3 Å². The molecule has 0 bridgehead atoms. The molecule has 57 heavy (non-hydrogen) atoms. The Kier molecular flexibility index (Phi) is 11.6. The Balaban J connectivity index is 1.05. The van der Waals surface area contributed by atoms with Crippen molar-refractivity contribution in [3.63, 3.8) is 0 Å². The molecule has 2 aromatic rings. The molecule has 0 spiro atoms. The highest BCUT2D eigenvalue weighted by atomic mass is 32.2. The summed E-state index contributed by atoms with van der Waals surface area (Å²) in [5.41, 5.74) is 5.01. The van der Waals surface area contributed by atoms with E-state index in [1.807, 2.05) is 18.2 Å². The molecule has 0 radical (unpaired) electrons. The van der Waals surface area contributed by atoms with Crippen LogP contribution in [-0.4, -0.2) is 73.5 Å². The lowest BCUT2D eigenvalue weighted by molar-refractivity contribution is -0.172. The van der Waals surface area contributed by atoms with Crippen molar-refractivity contribution >= 4 is 21.6 Å². The molecule has 2 aromatic carbocycles. The SMILES string of the molecule is C=C(C)[C@@H]1CC[C@@](CC[C@]2(C)CCCC3[C@@]4(C)CC=C(c5ccc(C(=O)O)cc5)C(C)(C)C4CC[C@]32C)(NCCN2CCN(S(=O)(=O)c3ccccc3)CC2)C1C. The maximum atomic E-state index is 13.3. The molecule has 7 nitrogen and oxygen atoms in total. The van der Waals surface area contributed by atoms with Crippen LogP contribution < -0.4 is 5.32 Å². The van der Waals surface area contributed by atoms with Gasteiger partial charge in [0.15, 0.2) is 0 Å². The van der Waals surface area contributed by atoms with Gasteiger partial charge in [0.2, 0.25) is 10.0 Å². The monoisotopic (exact) mass is 798 g/mol. The summed E-state index contributed by atoms with van der Waals surface area (Å²) < 4.78 is 28.2. The van der Waals surface area contributed by atoms with Gasteiger partial charge in [-0.3, -0.25) is 4.90 Å². The summed E-state index contributed by atoms with van der Waals surface area (Å²) in [6, 6.07) is 16.4. The number of nitrogens with one attached hydrogen (secondary N) is 1. The van der Waals surface area contributed by atoms with Crippen LogP contribution in [0.4, 0.5) is 0 Å². The molecule has 1 aliphatic heterocycles. The number of benzene rings is 2. The zero-order chi connectivity index (χ0) is 41.0. The number of piperazine rings is 1. The van der Waals surface area contributed by atoms with Crippen molar-refractivity contribution in [1.29, 1.82) is 0 Å². The van der Waals surface area contributed by atoms with E-state index in [4.69, 9.17) is 0 Å². The fourth-order valence-electron chi connectivity index (χ4n) is 13.7. The van der Waals surface area contributed by atoms with Gasteiger partial charge in [0.05, 0.1) is 10.5 Å². The van der Waals surface area contributed by atoms with E-state index in [-0.39, 0.29) is 27.2 Å². The second kappa shape index (κ2) is 15.7. The van der Waals surface area contributed by atoms with Crippen LogP contribution in [0, 0.1) is 45.3 Å². The Morgan fingerprint density at radius 2 is 1.56 bits per heavy atom. The molecule has 8 atom stereocenters. The van der Waals surface area contributed by atoms with E-state index in [1.54, 1.807) is 40.7 Å². The van der Waals surface area contributed by atoms with Crippen molar-refractivity contribution < 1.29 is 18.3 Å². The van der Waals surface area contributed by atoms with Gasteiger partial charge in [-0.05, 0) is 145 Å². The van der Waals surface area contributed by atoms with E-state index in [9.17, 15) is 18.3 Å². The predicted molar refractivity (Wildman–Crippen MR) is 232 cm³/mol. The van der Waals surface area contributed by atoms with Gasteiger partial charge in [-0.15, -0.1) is 0 Å². The van der Waals surface area contributed by atoms with Crippen LogP contribution in [0.5, 0.6) is 0 Å². The molecule has 4 fully saturated rings. The Morgan fingerprint density at radius 1 is 0.877 bits per heavy atom. The first-order valence-electron chi connectivity index (χ1n) is 22.1. The summed E-state index contributed by atoms with van der Waals surface area (Å²) in [6.45, 7) is 26.5. The number of nitrogens with zero attached hydrogens (tertiary/aromatic N) is 2. The Labute approximate surface area is 344 Å². The van der Waals surface area contributed by atoms with Crippen molar-refractivity contribution in [1.82, 2.24) is 14.5 Å². The van der Waals surface area contributed by atoms with E-state index >= 15 is 0 Å². The topological polar surface area (TPSA) is 89.9 Å². The minimum absolute atomic E-state index is 0.000527. The lowest BCUT2D eigenvalue weighted by Gasteiger charge is -2.68. The van der Waals surface area contributed by atoms with Gasteiger partial charge in [0.1, 0.15) is 0 Å². The lowest BCUT2D eigenvalue weighted by atomic mass is 9.36. The first kappa shape index (κ1) is 42.3. The van der Waals surface area contributed by atoms with E-state index in [0.717, 1.165) is 32.6 Å². The maximum Gasteiger partial charge on any atom is 0.335 e. The zero-order valence-corrected chi connectivity index (χ0v) is 36.9. The molecule has 0 aromatic heterocycles. The third kappa shape index (κ3) is 7.42. The molecule has 4 aliphatic carbocycles. The van der Waals surface area contributed by atoms with Crippen LogP contribution in [0.25, 0.3) is 5.57 Å². The summed E-state index contributed by atoms with van der Waals surface area (Å²) in [5.74, 6) is 1.41. The van der Waals surface area contributed by atoms with Gasteiger partial charge in [0.25, 0.3) is 0 Å². The summed E-state index contributed by atoms with van der Waals surface area (Å²) in [6.07, 6.45) is 14.8. The molecule has 2 N–H and O–H groups in total. The zero-order valence-electron chi connectivity index (χ0n) is 36.1. The van der Waals surface area contributed by atoms with E-state index in [1.165, 1.54) is 74.5 Å². The van der Waals surface area contributed by atoms with Crippen molar-refractivity contribution in [3.05, 3.63) is 84.0 Å². The smallest absolute Gasteiger partial charge is 0.335 e. The third-order valence-corrected chi connectivity index (χ3v) is 19.3. The van der Waals surface area contributed by atoms with Crippen molar-refractivity contribution in [2.45, 2.75) is 123 Å². The summed E-state index contributed by atoms with van der Waals surface area (Å²) in [4.78, 5) is 14.4. The van der Waals surface area contributed by atoms with Crippen LogP contribution in [0.15, 0.2) is 77.7 Å². The molecular formula is C49H71N3O4S. The lowest BCUT2D eigenvalue weighted by Crippen LogP contribution is -2.61. The minimum atomic E-state index is -3.46. The highest BCUT2D eigenvalue weighted by molar-refractivity contribution is 7.89. The molecule has 0 amide bonds. The second-order valence-electron chi connectivity index (χ2n) is 20.4. The number of hydrogen-bond donors (Lipinski definition) is 2. The summed E-state index contributed by atoms with van der Waals surface area (Å²) in [7, 11) is -3.46. The number of aromatic carboxylic acids is 1. The third-order valence-electron chi connectivity index (χ3n) is 17.4. The van der Waals surface area contributed by atoms with Gasteiger partial charge in [0, 0.05) is 44.8 Å². The number of carboxylic acid groups (broad SMARTS) is 1. The van der Waals surface area contributed by atoms with E-state index < -0.39 is 16.0 Å². The number of fused-ring (bicyclic) bond motifs is 3. The quantitative estimate of drug-likeness (QED) is 0.208. The predicted octanol–water partition coefficient (Wildman–Crippen LogP) is 10.2. The molecule has 7 rings (SSSR count). The standard InChI is InChI=1S/C49H71N3O4S/c1-35(2)40-20-26-49(36(40)3,50-29-30-51-31-33-52(34-32-51)57(55,56)39-13-10-9-11-14-39)28-27-46(6)23-12-15-43-47(7)24-21-41(37-16-18-38(19-17-37)44(53)54)45(4,5)42(47)22-25-48(43,46)8/h9-11,13-14,16-19,21,36,40,42-43,50H,1,12,15,20,22-34H2,2-8H3,(H,53,54)/t36?,40-,42?,43?,46-,47-,48+,49-/m0/s1. The van der Waals surface area contributed by atoms with Gasteiger partial charge in [-0.25, -0.2) is 13.2 Å². The molecular weight excluding hydrogens is 727 g/mol. The molecule has 1 saturated heterocycles. The van der Waals surface area contributed by atoms with Crippen LogP contribution in [-0.2, 0) is 10.0 Å². The summed E-state index contributed by atoms with van der Waals surface area (Å²) in [5, 5.41) is 13.7. The molecule has 3 saturated carbocycles. The molecule has 3 unspecified atom stereocenters. The second-order valence-corrected chi connectivity index (χ2v) is 22.3. The first-order valence-corrected chi connectivity index (χ1v) is 23.5. The van der Waals surface area contributed by atoms with Crippen LogP contribution >= 0.6 is 0 Å². The van der Waals surface area contributed by atoms with Crippen LogP contribution in [0.3, 0.4) is 0 Å². The average Bonchev–Trinajstić information content (AvgIpc) is 3.51. The fraction of sp³-hybridized carbons (Fsp3) is 0.653. The highest BCUT2D eigenvalue weighted by Gasteiger charge is 2.64. The van der Waals surface area contributed by atoms with Gasteiger partial charge in [-0.1, -0.05) is 96.5 Å². The number of carbonyl (C=O) groups is 1. The van der Waals surface area contributed by atoms with Gasteiger partial charge >= 0.3 is 5.97 Å². The Morgan fingerprint density at radius 3 is 2.19 bits per heavy atom. The van der Waals surface area contributed by atoms with Gasteiger partial charge in [-0.2, -0.15) is 4.31 Å². The van der Waals surface area contributed by atoms with Gasteiger partial charge < -0.3 is 10.4 Å². The number of carboxylic acids is 1. The molecule has 8 heteroatoms. The maximum absolute atomic E-state index is 13.3. The van der Waals surface area contributed by atoms with Crippen LogP contribution in [0.2, 0.25) is 0 Å². The number of sulfonamides is 1. The normalized spacial score (nSPS) is 35.9. The number of rotatable bonds is 12.